The van der Waals surface area contributed by atoms with E-state index in [1.54, 1.807) is 6.07 Å². The fraction of sp³-hybridized carbons (Fsp3) is 0.524. The monoisotopic (exact) mass is 449 g/mol. The van der Waals surface area contributed by atoms with E-state index in [9.17, 15) is 9.59 Å². The Bertz CT molecular complexity index is 896. The van der Waals surface area contributed by atoms with Crippen LogP contribution in [0.5, 0.6) is 0 Å². The molecule has 1 aliphatic rings. The maximum atomic E-state index is 12.4. The number of benzene rings is 1. The van der Waals surface area contributed by atoms with E-state index in [0.717, 1.165) is 47.9 Å². The summed E-state index contributed by atoms with van der Waals surface area (Å²) >= 11 is 3.49. The number of ether oxygens (including phenoxy) is 1. The van der Waals surface area contributed by atoms with Crippen molar-refractivity contribution in [3.63, 3.8) is 0 Å². The minimum Gasteiger partial charge on any atom is -0.444 e. The lowest BCUT2D eigenvalue weighted by Crippen LogP contribution is -2.46. The number of likely N-dealkylation sites (tertiary alicyclic amines) is 1. The molecular formula is C21H28BrN3O3. The van der Waals surface area contributed by atoms with Gasteiger partial charge in [-0.3, -0.25) is 4.79 Å². The van der Waals surface area contributed by atoms with Crippen molar-refractivity contribution in [3.8, 4) is 0 Å². The Morgan fingerprint density at radius 2 is 1.86 bits per heavy atom. The van der Waals surface area contributed by atoms with Crippen LogP contribution in [0.1, 0.15) is 33.6 Å². The highest BCUT2D eigenvalue weighted by Crippen LogP contribution is 2.19. The molecule has 1 fully saturated rings. The van der Waals surface area contributed by atoms with Gasteiger partial charge in [-0.2, -0.15) is 0 Å². The second-order valence-electron chi connectivity index (χ2n) is 8.29. The summed E-state index contributed by atoms with van der Waals surface area (Å²) in [5.74, 6) is 0. The number of pyridine rings is 1. The van der Waals surface area contributed by atoms with Crippen LogP contribution >= 0.6 is 15.9 Å². The van der Waals surface area contributed by atoms with E-state index in [0.29, 0.717) is 6.54 Å². The molecule has 0 spiro atoms. The highest BCUT2D eigenvalue weighted by Gasteiger charge is 2.23. The molecule has 28 heavy (non-hydrogen) atoms. The molecule has 6 nitrogen and oxygen atoms in total. The van der Waals surface area contributed by atoms with E-state index >= 15 is 0 Å². The summed E-state index contributed by atoms with van der Waals surface area (Å²) in [6, 6.07) is 9.64. The van der Waals surface area contributed by atoms with E-state index in [4.69, 9.17) is 4.74 Å². The Kier molecular flexibility index (Phi) is 6.45. The number of hydrogen-bond acceptors (Lipinski definition) is 4. The molecule has 0 saturated carbocycles. The van der Waals surface area contributed by atoms with Crippen LogP contribution < -0.4 is 10.9 Å². The number of amides is 1. The van der Waals surface area contributed by atoms with Crippen molar-refractivity contribution >= 4 is 32.9 Å². The third kappa shape index (κ3) is 5.58. The van der Waals surface area contributed by atoms with Gasteiger partial charge in [-0.25, -0.2) is 4.79 Å². The molecular weight excluding hydrogens is 422 g/mol. The summed E-state index contributed by atoms with van der Waals surface area (Å²) in [7, 11) is 0. The number of fused-ring (bicyclic) bond motifs is 1. The number of carbonyl (C=O) groups is 1. The number of nitrogens with one attached hydrogen (secondary N) is 1. The van der Waals surface area contributed by atoms with Gasteiger partial charge in [-0.05, 0) is 57.2 Å². The predicted molar refractivity (Wildman–Crippen MR) is 115 cm³/mol. The largest absolute Gasteiger partial charge is 0.444 e. The maximum Gasteiger partial charge on any atom is 0.407 e. The number of aromatic nitrogens is 1. The van der Waals surface area contributed by atoms with E-state index in [1.165, 1.54) is 0 Å². The summed E-state index contributed by atoms with van der Waals surface area (Å²) in [6.07, 6.45) is 1.42. The predicted octanol–water partition coefficient (Wildman–Crippen LogP) is 3.75. The first kappa shape index (κ1) is 20.9. The lowest BCUT2D eigenvalue weighted by molar-refractivity contribution is 0.0478. The summed E-state index contributed by atoms with van der Waals surface area (Å²) < 4.78 is 8.14. The molecule has 1 saturated heterocycles. The molecule has 1 aromatic carbocycles. The third-order valence-corrected chi connectivity index (χ3v) is 5.40. The van der Waals surface area contributed by atoms with E-state index < -0.39 is 5.60 Å². The Balaban J connectivity index is 1.54. The molecule has 1 amide bonds. The van der Waals surface area contributed by atoms with Crippen molar-refractivity contribution in [2.24, 2.45) is 0 Å². The lowest BCUT2D eigenvalue weighted by atomic mass is 10.1. The third-order valence-electron chi connectivity index (χ3n) is 4.90. The van der Waals surface area contributed by atoms with Gasteiger partial charge in [0, 0.05) is 42.8 Å². The quantitative estimate of drug-likeness (QED) is 0.771. The fourth-order valence-corrected chi connectivity index (χ4v) is 3.86. The summed E-state index contributed by atoms with van der Waals surface area (Å²) in [5, 5.41) is 4.02. The van der Waals surface area contributed by atoms with E-state index in [-0.39, 0.29) is 17.7 Å². The first-order chi connectivity index (χ1) is 13.2. The summed E-state index contributed by atoms with van der Waals surface area (Å²) in [4.78, 5) is 26.6. The normalized spacial score (nSPS) is 16.3. The Labute approximate surface area is 174 Å². The molecule has 1 aromatic heterocycles. The Hall–Kier alpha value is -1.86. The van der Waals surface area contributed by atoms with Gasteiger partial charge in [0.15, 0.2) is 0 Å². The van der Waals surface area contributed by atoms with Crippen molar-refractivity contribution < 1.29 is 9.53 Å². The SMILES string of the molecule is CC(C)(C)OC(=O)NC1CCN(CCn2c(=O)ccc3ccc(Br)cc32)CC1. The van der Waals surface area contributed by atoms with Crippen LogP contribution in [0.15, 0.2) is 39.6 Å². The summed E-state index contributed by atoms with van der Waals surface area (Å²) in [5.41, 5.74) is 0.487. The average Bonchev–Trinajstić information content (AvgIpc) is 2.60. The van der Waals surface area contributed by atoms with Crippen molar-refractivity contribution in [2.75, 3.05) is 19.6 Å². The van der Waals surface area contributed by atoms with Gasteiger partial charge in [0.05, 0.1) is 5.52 Å². The molecule has 152 valence electrons. The zero-order valence-electron chi connectivity index (χ0n) is 16.7. The molecule has 0 bridgehead atoms. The molecule has 3 rings (SSSR count). The Morgan fingerprint density at radius 1 is 1.18 bits per heavy atom. The van der Waals surface area contributed by atoms with Crippen molar-refractivity contribution in [2.45, 2.75) is 51.8 Å². The Morgan fingerprint density at radius 3 is 2.54 bits per heavy atom. The van der Waals surface area contributed by atoms with Crippen molar-refractivity contribution in [3.05, 3.63) is 45.2 Å². The average molecular weight is 450 g/mol. The lowest BCUT2D eigenvalue weighted by Gasteiger charge is -2.33. The van der Waals surface area contributed by atoms with Crippen LogP contribution in [-0.4, -0.2) is 46.8 Å². The van der Waals surface area contributed by atoms with Crippen LogP contribution in [0.2, 0.25) is 0 Å². The van der Waals surface area contributed by atoms with Gasteiger partial charge >= 0.3 is 6.09 Å². The molecule has 1 aliphatic heterocycles. The standard InChI is InChI=1S/C21H28BrN3O3/c1-21(2,3)28-20(27)23-17-8-10-24(11-9-17)12-13-25-18-14-16(22)6-4-15(18)5-7-19(25)26/h4-7,14,17H,8-13H2,1-3H3,(H,23,27). The first-order valence-corrected chi connectivity index (χ1v) is 10.5. The molecule has 0 aliphatic carbocycles. The molecule has 2 aromatic rings. The molecule has 2 heterocycles. The zero-order chi connectivity index (χ0) is 20.3. The van der Waals surface area contributed by atoms with E-state index in [2.05, 4.69) is 26.1 Å². The van der Waals surface area contributed by atoms with Crippen LogP contribution in [0.4, 0.5) is 4.79 Å². The van der Waals surface area contributed by atoms with Crippen LogP contribution in [0.3, 0.4) is 0 Å². The number of carbonyl (C=O) groups excluding carboxylic acids is 1. The second kappa shape index (κ2) is 8.66. The minimum absolute atomic E-state index is 0.0204. The number of nitrogens with zero attached hydrogens (tertiary/aromatic N) is 2. The van der Waals surface area contributed by atoms with Crippen molar-refractivity contribution in [1.82, 2.24) is 14.8 Å². The van der Waals surface area contributed by atoms with Gasteiger partial charge in [0.1, 0.15) is 5.60 Å². The number of alkyl carbamates (subject to hydrolysis) is 1. The topological polar surface area (TPSA) is 63.6 Å². The first-order valence-electron chi connectivity index (χ1n) is 9.72. The molecule has 0 unspecified atom stereocenters. The number of halogens is 1. The highest BCUT2D eigenvalue weighted by molar-refractivity contribution is 9.10. The van der Waals surface area contributed by atoms with Gasteiger partial charge in [-0.15, -0.1) is 0 Å². The smallest absolute Gasteiger partial charge is 0.407 e. The van der Waals surface area contributed by atoms with E-state index in [1.807, 2.05) is 49.6 Å². The van der Waals surface area contributed by atoms with Crippen LogP contribution in [0.25, 0.3) is 10.9 Å². The zero-order valence-corrected chi connectivity index (χ0v) is 18.3. The van der Waals surface area contributed by atoms with Crippen LogP contribution in [-0.2, 0) is 11.3 Å². The molecule has 7 heteroatoms. The van der Waals surface area contributed by atoms with Gasteiger partial charge < -0.3 is 19.5 Å². The number of piperidine rings is 1. The molecule has 0 atom stereocenters. The maximum absolute atomic E-state index is 12.4. The summed E-state index contributed by atoms with van der Waals surface area (Å²) in [6.45, 7) is 8.84. The number of hydrogen-bond donors (Lipinski definition) is 1. The molecule has 1 N–H and O–H groups in total. The number of rotatable bonds is 4. The van der Waals surface area contributed by atoms with Gasteiger partial charge in [0.25, 0.3) is 5.56 Å². The van der Waals surface area contributed by atoms with Crippen molar-refractivity contribution in [1.29, 1.82) is 0 Å². The van der Waals surface area contributed by atoms with Gasteiger partial charge in [0.2, 0.25) is 0 Å². The van der Waals surface area contributed by atoms with Crippen LogP contribution in [0, 0.1) is 0 Å². The molecule has 0 radical (unpaired) electrons. The van der Waals surface area contributed by atoms with Gasteiger partial charge in [-0.1, -0.05) is 22.0 Å². The fourth-order valence-electron chi connectivity index (χ4n) is 3.51. The second-order valence-corrected chi connectivity index (χ2v) is 9.20. The highest BCUT2D eigenvalue weighted by atomic mass is 79.9. The minimum atomic E-state index is -0.481.